The van der Waals surface area contributed by atoms with E-state index in [1.165, 1.54) is 0 Å². The Kier molecular flexibility index (Phi) is 3.63. The van der Waals surface area contributed by atoms with E-state index in [0.29, 0.717) is 17.8 Å². The zero-order valence-corrected chi connectivity index (χ0v) is 10.3. The Bertz CT molecular complexity index is 537. The Morgan fingerprint density at radius 3 is 2.33 bits per heavy atom. The maximum Gasteiger partial charge on any atom is 0.253 e. The van der Waals surface area contributed by atoms with Gasteiger partial charge in [0.15, 0.2) is 0 Å². The summed E-state index contributed by atoms with van der Waals surface area (Å²) >= 11 is 0. The molecular formula is C15H16N2O. The topological polar surface area (TPSA) is 46.3 Å². The van der Waals surface area contributed by atoms with Crippen LogP contribution in [0.5, 0.6) is 0 Å². The molecule has 92 valence electrons. The van der Waals surface area contributed by atoms with Gasteiger partial charge in [-0.2, -0.15) is 0 Å². The molecule has 0 saturated heterocycles. The summed E-state index contributed by atoms with van der Waals surface area (Å²) in [6.45, 7) is 0.514. The summed E-state index contributed by atoms with van der Waals surface area (Å²) in [6, 6.07) is 16.8. The molecule has 0 heterocycles. The molecule has 0 bridgehead atoms. The van der Waals surface area contributed by atoms with E-state index >= 15 is 0 Å². The SMILES string of the molecule is CN(Cc1ccccc1N)C(=O)c1ccccc1. The largest absolute Gasteiger partial charge is 0.398 e. The van der Waals surface area contributed by atoms with E-state index < -0.39 is 0 Å². The maximum atomic E-state index is 12.1. The van der Waals surface area contributed by atoms with Crippen LogP contribution < -0.4 is 5.73 Å². The van der Waals surface area contributed by atoms with Crippen molar-refractivity contribution in [3.63, 3.8) is 0 Å². The van der Waals surface area contributed by atoms with Gasteiger partial charge in [-0.1, -0.05) is 36.4 Å². The molecule has 0 aromatic heterocycles. The maximum absolute atomic E-state index is 12.1. The van der Waals surface area contributed by atoms with Gasteiger partial charge < -0.3 is 10.6 Å². The number of carbonyl (C=O) groups excluding carboxylic acids is 1. The molecule has 0 unspecified atom stereocenters. The van der Waals surface area contributed by atoms with E-state index in [0.717, 1.165) is 5.56 Å². The molecule has 0 spiro atoms. The van der Waals surface area contributed by atoms with E-state index in [1.807, 2.05) is 54.6 Å². The Labute approximate surface area is 107 Å². The molecule has 0 aliphatic carbocycles. The van der Waals surface area contributed by atoms with Gasteiger partial charge in [-0.3, -0.25) is 4.79 Å². The fourth-order valence-corrected chi connectivity index (χ4v) is 1.81. The monoisotopic (exact) mass is 240 g/mol. The van der Waals surface area contributed by atoms with Gasteiger partial charge in [0.25, 0.3) is 5.91 Å². The molecule has 18 heavy (non-hydrogen) atoms. The fraction of sp³-hybridized carbons (Fsp3) is 0.133. The molecule has 2 aromatic rings. The highest BCUT2D eigenvalue weighted by Gasteiger charge is 2.12. The van der Waals surface area contributed by atoms with Gasteiger partial charge in [0.05, 0.1) is 0 Å². The summed E-state index contributed by atoms with van der Waals surface area (Å²) in [5.74, 6) is -0.00106. The first-order valence-corrected chi connectivity index (χ1v) is 5.82. The standard InChI is InChI=1S/C15H16N2O/c1-17(11-13-9-5-6-10-14(13)16)15(18)12-7-3-2-4-8-12/h2-10H,11,16H2,1H3. The minimum absolute atomic E-state index is 0.00106. The number of carbonyl (C=O) groups is 1. The Morgan fingerprint density at radius 2 is 1.67 bits per heavy atom. The van der Waals surface area contributed by atoms with Crippen molar-refractivity contribution in [3.05, 3.63) is 65.7 Å². The van der Waals surface area contributed by atoms with Crippen molar-refractivity contribution in [2.24, 2.45) is 0 Å². The number of nitrogens with two attached hydrogens (primary N) is 1. The van der Waals surface area contributed by atoms with Crippen molar-refractivity contribution in [3.8, 4) is 0 Å². The molecule has 0 saturated carbocycles. The summed E-state index contributed by atoms with van der Waals surface area (Å²) in [5, 5.41) is 0. The van der Waals surface area contributed by atoms with Gasteiger partial charge in [-0.25, -0.2) is 0 Å². The highest BCUT2D eigenvalue weighted by atomic mass is 16.2. The van der Waals surface area contributed by atoms with Crippen molar-refractivity contribution in [2.45, 2.75) is 6.54 Å². The molecular weight excluding hydrogens is 224 g/mol. The van der Waals surface area contributed by atoms with Crippen molar-refractivity contribution in [2.75, 3.05) is 12.8 Å². The Hall–Kier alpha value is -2.29. The molecule has 0 aliphatic heterocycles. The number of anilines is 1. The average molecular weight is 240 g/mol. The fourth-order valence-electron chi connectivity index (χ4n) is 1.81. The lowest BCUT2D eigenvalue weighted by Gasteiger charge is -2.18. The van der Waals surface area contributed by atoms with Crippen molar-refractivity contribution in [1.82, 2.24) is 4.90 Å². The zero-order valence-electron chi connectivity index (χ0n) is 10.3. The van der Waals surface area contributed by atoms with Gasteiger partial charge in [0.1, 0.15) is 0 Å². The molecule has 0 fully saturated rings. The van der Waals surface area contributed by atoms with Gasteiger partial charge in [-0.15, -0.1) is 0 Å². The molecule has 2 aromatic carbocycles. The normalized spacial score (nSPS) is 10.1. The van der Waals surface area contributed by atoms with Crippen LogP contribution in [0.4, 0.5) is 5.69 Å². The van der Waals surface area contributed by atoms with Gasteiger partial charge in [0, 0.05) is 24.8 Å². The van der Waals surface area contributed by atoms with Crippen LogP contribution in [-0.2, 0) is 6.54 Å². The van der Waals surface area contributed by atoms with Crippen LogP contribution in [0.15, 0.2) is 54.6 Å². The van der Waals surface area contributed by atoms with Crippen LogP contribution >= 0.6 is 0 Å². The van der Waals surface area contributed by atoms with Gasteiger partial charge in [-0.05, 0) is 23.8 Å². The first kappa shape index (κ1) is 12.2. The minimum atomic E-state index is -0.00106. The molecule has 0 aliphatic rings. The second kappa shape index (κ2) is 5.36. The minimum Gasteiger partial charge on any atom is -0.398 e. The van der Waals surface area contributed by atoms with E-state index in [9.17, 15) is 4.79 Å². The number of hydrogen-bond acceptors (Lipinski definition) is 2. The second-order valence-electron chi connectivity index (χ2n) is 4.23. The molecule has 0 radical (unpaired) electrons. The lowest BCUT2D eigenvalue weighted by atomic mass is 10.1. The molecule has 0 atom stereocenters. The Balaban J connectivity index is 2.11. The molecule has 2 rings (SSSR count). The average Bonchev–Trinajstić information content (AvgIpc) is 2.41. The van der Waals surface area contributed by atoms with Crippen LogP contribution in [0.3, 0.4) is 0 Å². The summed E-state index contributed by atoms with van der Waals surface area (Å²) in [7, 11) is 1.78. The highest BCUT2D eigenvalue weighted by Crippen LogP contribution is 2.14. The van der Waals surface area contributed by atoms with E-state index in [-0.39, 0.29) is 5.91 Å². The van der Waals surface area contributed by atoms with Crippen LogP contribution in [0.25, 0.3) is 0 Å². The van der Waals surface area contributed by atoms with Crippen molar-refractivity contribution in [1.29, 1.82) is 0 Å². The third-order valence-corrected chi connectivity index (χ3v) is 2.83. The number of para-hydroxylation sites is 1. The van der Waals surface area contributed by atoms with Crippen LogP contribution in [0.1, 0.15) is 15.9 Å². The van der Waals surface area contributed by atoms with Crippen LogP contribution in [0, 0.1) is 0 Å². The third-order valence-electron chi connectivity index (χ3n) is 2.83. The lowest BCUT2D eigenvalue weighted by Crippen LogP contribution is -2.26. The second-order valence-corrected chi connectivity index (χ2v) is 4.23. The van der Waals surface area contributed by atoms with Crippen molar-refractivity contribution < 1.29 is 4.79 Å². The summed E-state index contributed by atoms with van der Waals surface area (Å²) in [4.78, 5) is 13.8. The van der Waals surface area contributed by atoms with Crippen LogP contribution in [0.2, 0.25) is 0 Å². The Morgan fingerprint density at radius 1 is 1.06 bits per heavy atom. The smallest absolute Gasteiger partial charge is 0.253 e. The van der Waals surface area contributed by atoms with E-state index in [4.69, 9.17) is 5.73 Å². The molecule has 1 amide bonds. The lowest BCUT2D eigenvalue weighted by molar-refractivity contribution is 0.0785. The number of rotatable bonds is 3. The third kappa shape index (κ3) is 2.69. The summed E-state index contributed by atoms with van der Waals surface area (Å²) in [5.41, 5.74) is 8.23. The molecule has 3 nitrogen and oxygen atoms in total. The number of amides is 1. The zero-order chi connectivity index (χ0) is 13.0. The van der Waals surface area contributed by atoms with Gasteiger partial charge in [0.2, 0.25) is 0 Å². The predicted octanol–water partition coefficient (Wildman–Crippen LogP) is 2.54. The number of benzene rings is 2. The van der Waals surface area contributed by atoms with Gasteiger partial charge >= 0.3 is 0 Å². The molecule has 2 N–H and O–H groups in total. The number of nitrogens with zero attached hydrogens (tertiary/aromatic N) is 1. The quantitative estimate of drug-likeness (QED) is 0.838. The van der Waals surface area contributed by atoms with E-state index in [2.05, 4.69) is 0 Å². The first-order valence-electron chi connectivity index (χ1n) is 5.82. The van der Waals surface area contributed by atoms with E-state index in [1.54, 1.807) is 11.9 Å². The highest BCUT2D eigenvalue weighted by molar-refractivity contribution is 5.94. The summed E-state index contributed by atoms with van der Waals surface area (Å²) < 4.78 is 0. The number of hydrogen-bond donors (Lipinski definition) is 1. The predicted molar refractivity (Wildman–Crippen MR) is 73.1 cm³/mol. The number of nitrogen functional groups attached to an aromatic ring is 1. The summed E-state index contributed by atoms with van der Waals surface area (Å²) in [6.07, 6.45) is 0. The molecule has 3 heteroatoms. The first-order chi connectivity index (χ1) is 8.68. The van der Waals surface area contributed by atoms with Crippen LogP contribution in [-0.4, -0.2) is 17.9 Å². The van der Waals surface area contributed by atoms with Crippen molar-refractivity contribution >= 4 is 11.6 Å².